The number of anilines is 1. The van der Waals surface area contributed by atoms with Gasteiger partial charge in [-0.3, -0.25) is 9.69 Å². The lowest BCUT2D eigenvalue weighted by molar-refractivity contribution is -0.116. The second kappa shape index (κ2) is 7.83. The van der Waals surface area contributed by atoms with Gasteiger partial charge in [-0.25, -0.2) is 0 Å². The second-order valence-corrected chi connectivity index (χ2v) is 8.59. The van der Waals surface area contributed by atoms with Crippen molar-refractivity contribution in [2.24, 2.45) is 5.73 Å². The highest BCUT2D eigenvalue weighted by atomic mass is 35.5. The highest BCUT2D eigenvalue weighted by molar-refractivity contribution is 6.42. The number of nitrogens with zero attached hydrogens (tertiary/aromatic N) is 2. The molecule has 0 saturated heterocycles. The maximum Gasteiger partial charge on any atom is 0.161 e. The number of halogens is 2. The van der Waals surface area contributed by atoms with Crippen LogP contribution in [0, 0.1) is 25.2 Å². The first-order valence-corrected chi connectivity index (χ1v) is 10.6. The molecular weight excluding hydrogens is 417 g/mol. The van der Waals surface area contributed by atoms with E-state index in [1.807, 2.05) is 26.0 Å². The molecular formula is C24H21Cl2N3O. The van der Waals surface area contributed by atoms with Gasteiger partial charge in [-0.1, -0.05) is 47.0 Å². The third kappa shape index (κ3) is 3.29. The Morgan fingerprint density at radius 2 is 1.87 bits per heavy atom. The topological polar surface area (TPSA) is 70.1 Å². The van der Waals surface area contributed by atoms with Crippen LogP contribution in [-0.2, 0) is 4.79 Å². The van der Waals surface area contributed by atoms with E-state index in [1.165, 1.54) is 0 Å². The van der Waals surface area contributed by atoms with E-state index >= 15 is 0 Å². The molecule has 0 fully saturated rings. The molecule has 2 aromatic carbocycles. The lowest BCUT2D eigenvalue weighted by Crippen LogP contribution is -2.38. The Kier molecular flexibility index (Phi) is 5.36. The maximum absolute atomic E-state index is 13.2. The molecule has 0 saturated carbocycles. The van der Waals surface area contributed by atoms with Crippen molar-refractivity contribution in [3.63, 3.8) is 0 Å². The summed E-state index contributed by atoms with van der Waals surface area (Å²) in [7, 11) is 0. The predicted molar refractivity (Wildman–Crippen MR) is 120 cm³/mol. The van der Waals surface area contributed by atoms with Crippen LogP contribution in [0.3, 0.4) is 0 Å². The van der Waals surface area contributed by atoms with Gasteiger partial charge in [0.1, 0.15) is 5.82 Å². The number of hydrogen-bond donors (Lipinski definition) is 1. The van der Waals surface area contributed by atoms with Crippen molar-refractivity contribution >= 4 is 34.7 Å². The average Bonchev–Trinajstić information content (AvgIpc) is 2.70. The van der Waals surface area contributed by atoms with E-state index in [0.717, 1.165) is 28.8 Å². The molecule has 4 rings (SSSR count). The van der Waals surface area contributed by atoms with Crippen LogP contribution in [-0.4, -0.2) is 5.78 Å². The first-order chi connectivity index (χ1) is 14.3. The highest BCUT2D eigenvalue weighted by Crippen LogP contribution is 2.47. The van der Waals surface area contributed by atoms with Crippen LogP contribution in [0.2, 0.25) is 10.0 Å². The summed E-state index contributed by atoms with van der Waals surface area (Å²) in [5, 5.41) is 10.9. The lowest BCUT2D eigenvalue weighted by Gasteiger charge is -2.40. The molecule has 0 amide bonds. The van der Waals surface area contributed by atoms with E-state index in [0.29, 0.717) is 45.5 Å². The van der Waals surface area contributed by atoms with Gasteiger partial charge in [-0.2, -0.15) is 5.26 Å². The highest BCUT2D eigenvalue weighted by Gasteiger charge is 2.40. The molecule has 0 spiro atoms. The van der Waals surface area contributed by atoms with Gasteiger partial charge in [0.15, 0.2) is 5.78 Å². The SMILES string of the molecule is Cc1ccc(C2C(C#N)=C(N)N(c3ccc(Cl)c(Cl)c3)C3=C2C(=O)CCC3)c(C)c1. The Bertz CT molecular complexity index is 1170. The largest absolute Gasteiger partial charge is 0.384 e. The van der Waals surface area contributed by atoms with Crippen LogP contribution in [0.5, 0.6) is 0 Å². The third-order valence-corrected chi connectivity index (χ3v) is 6.55. The molecule has 0 aromatic heterocycles. The van der Waals surface area contributed by atoms with Crippen LogP contribution in [0.1, 0.15) is 41.9 Å². The van der Waals surface area contributed by atoms with Crippen molar-refractivity contribution in [3.05, 3.63) is 85.8 Å². The molecule has 2 aromatic rings. The first-order valence-electron chi connectivity index (χ1n) is 9.81. The van der Waals surface area contributed by atoms with Crippen LogP contribution in [0.4, 0.5) is 5.69 Å². The van der Waals surface area contributed by atoms with E-state index in [4.69, 9.17) is 28.9 Å². The normalized spacial score (nSPS) is 19.1. The molecule has 1 unspecified atom stereocenters. The van der Waals surface area contributed by atoms with E-state index in [-0.39, 0.29) is 5.78 Å². The first kappa shape index (κ1) is 20.5. The Hall–Kier alpha value is -2.74. The fourth-order valence-corrected chi connectivity index (χ4v) is 4.76. The number of benzene rings is 2. The summed E-state index contributed by atoms with van der Waals surface area (Å²) >= 11 is 12.3. The van der Waals surface area contributed by atoms with Crippen molar-refractivity contribution in [2.75, 3.05) is 4.90 Å². The van der Waals surface area contributed by atoms with E-state index in [9.17, 15) is 10.1 Å². The number of hydrogen-bond acceptors (Lipinski definition) is 4. The minimum absolute atomic E-state index is 0.0616. The average molecular weight is 438 g/mol. The molecule has 1 aliphatic heterocycles. The van der Waals surface area contributed by atoms with E-state index in [2.05, 4.69) is 12.1 Å². The van der Waals surface area contributed by atoms with Gasteiger partial charge in [0, 0.05) is 23.4 Å². The third-order valence-electron chi connectivity index (χ3n) is 5.81. The van der Waals surface area contributed by atoms with Gasteiger partial charge < -0.3 is 5.73 Å². The van der Waals surface area contributed by atoms with Crippen LogP contribution >= 0.6 is 23.2 Å². The number of rotatable bonds is 2. The number of aryl methyl sites for hydroxylation is 2. The summed E-state index contributed by atoms with van der Waals surface area (Å²) in [6, 6.07) is 13.6. The molecule has 2 N–H and O–H groups in total. The monoisotopic (exact) mass is 437 g/mol. The molecule has 0 radical (unpaired) electrons. The second-order valence-electron chi connectivity index (χ2n) is 7.77. The van der Waals surface area contributed by atoms with Gasteiger partial charge in [0.25, 0.3) is 0 Å². The zero-order valence-corrected chi connectivity index (χ0v) is 18.3. The summed E-state index contributed by atoms with van der Waals surface area (Å²) < 4.78 is 0. The van der Waals surface area contributed by atoms with Crippen molar-refractivity contribution in [3.8, 4) is 6.07 Å². The molecule has 4 nitrogen and oxygen atoms in total. The molecule has 152 valence electrons. The molecule has 0 bridgehead atoms. The smallest absolute Gasteiger partial charge is 0.161 e. The maximum atomic E-state index is 13.2. The molecule has 1 atom stereocenters. The van der Waals surface area contributed by atoms with Gasteiger partial charge in [-0.15, -0.1) is 0 Å². The standard InChI is InChI=1S/C24H21Cl2N3O/c1-13-6-8-16(14(2)10-13)22-17(12-27)24(28)29(15-7-9-18(25)19(26)11-15)20-4-3-5-21(30)23(20)22/h6-11,22H,3-5,28H2,1-2H3. The van der Waals surface area contributed by atoms with Crippen molar-refractivity contribution < 1.29 is 4.79 Å². The molecule has 2 aliphatic rings. The van der Waals surface area contributed by atoms with E-state index < -0.39 is 5.92 Å². The Labute approximate surface area is 186 Å². The molecule has 1 heterocycles. The van der Waals surface area contributed by atoms with Gasteiger partial charge in [0.2, 0.25) is 0 Å². The van der Waals surface area contributed by atoms with Crippen molar-refractivity contribution in [1.82, 2.24) is 0 Å². The minimum atomic E-state index is -0.461. The van der Waals surface area contributed by atoms with Crippen molar-refractivity contribution in [1.29, 1.82) is 5.26 Å². The number of carbonyl (C=O) groups excluding carboxylic acids is 1. The molecule has 6 heteroatoms. The molecule has 1 aliphatic carbocycles. The zero-order valence-electron chi connectivity index (χ0n) is 16.8. The predicted octanol–water partition coefficient (Wildman–Crippen LogP) is 5.92. The summed E-state index contributed by atoms with van der Waals surface area (Å²) in [5.74, 6) is -0.0710. The number of nitrogens with two attached hydrogens (primary N) is 1. The van der Waals surface area contributed by atoms with Gasteiger partial charge in [-0.05, 0) is 56.0 Å². The van der Waals surface area contributed by atoms with Crippen LogP contribution in [0.25, 0.3) is 0 Å². The Morgan fingerprint density at radius 1 is 1.10 bits per heavy atom. The van der Waals surface area contributed by atoms with Crippen molar-refractivity contribution in [2.45, 2.75) is 39.0 Å². The summed E-state index contributed by atoms with van der Waals surface area (Å²) in [4.78, 5) is 15.0. The molecule has 30 heavy (non-hydrogen) atoms. The van der Waals surface area contributed by atoms with Crippen LogP contribution < -0.4 is 10.6 Å². The lowest BCUT2D eigenvalue weighted by atomic mass is 9.74. The Morgan fingerprint density at radius 3 is 2.53 bits per heavy atom. The summed E-state index contributed by atoms with van der Waals surface area (Å²) in [6.45, 7) is 4.03. The fourth-order valence-electron chi connectivity index (χ4n) is 4.47. The van der Waals surface area contributed by atoms with Crippen LogP contribution in [0.15, 0.2) is 59.1 Å². The zero-order chi connectivity index (χ0) is 21.6. The number of carbonyl (C=O) groups is 1. The summed E-state index contributed by atoms with van der Waals surface area (Å²) in [6.07, 6.45) is 1.90. The number of nitriles is 1. The number of ketones is 1. The fraction of sp³-hybridized carbons (Fsp3) is 0.250. The Balaban J connectivity index is 1.99. The summed E-state index contributed by atoms with van der Waals surface area (Å²) in [5.41, 5.74) is 12.2. The van der Waals surface area contributed by atoms with E-state index in [1.54, 1.807) is 23.1 Å². The number of allylic oxidation sites excluding steroid dienone is 3. The van der Waals surface area contributed by atoms with Gasteiger partial charge in [0.05, 0.1) is 27.6 Å². The van der Waals surface area contributed by atoms with Gasteiger partial charge >= 0.3 is 0 Å². The quantitative estimate of drug-likeness (QED) is 0.633. The minimum Gasteiger partial charge on any atom is -0.384 e. The number of Topliss-reactive ketones (excluding diaryl/α,β-unsaturated/α-hetero) is 1.